The van der Waals surface area contributed by atoms with Crippen LogP contribution in [0.5, 0.6) is 0 Å². The van der Waals surface area contributed by atoms with Crippen LogP contribution < -0.4 is 9.62 Å². The largest absolute Gasteiger partial charge is 0.453 e. The molecule has 18 nitrogen and oxygen atoms in total. The molecular weight excluding hydrogens is 1160 g/mol. The van der Waals surface area contributed by atoms with E-state index in [0.717, 1.165) is 44.7 Å². The van der Waals surface area contributed by atoms with E-state index in [1.165, 1.54) is 98.6 Å². The van der Waals surface area contributed by atoms with E-state index < -0.39 is 82.7 Å². The summed E-state index contributed by atoms with van der Waals surface area (Å²) in [6.45, 7) is 0. The van der Waals surface area contributed by atoms with Gasteiger partial charge in [0.1, 0.15) is 23.9 Å². The lowest BCUT2D eigenvalue weighted by Gasteiger charge is -2.54. The topological polar surface area (TPSA) is 220 Å². The number of amides is 4. The van der Waals surface area contributed by atoms with Crippen LogP contribution in [0.3, 0.4) is 0 Å². The summed E-state index contributed by atoms with van der Waals surface area (Å²) in [6, 6.07) is 44.0. The van der Waals surface area contributed by atoms with E-state index in [2.05, 4.69) is 17.5 Å². The summed E-state index contributed by atoms with van der Waals surface area (Å²) >= 11 is 0. The second-order valence-corrected chi connectivity index (χ2v) is 28.3. The van der Waals surface area contributed by atoms with Gasteiger partial charge in [0.15, 0.2) is 16.9 Å². The van der Waals surface area contributed by atoms with Gasteiger partial charge in [-0.2, -0.15) is 0 Å². The molecule has 4 bridgehead atoms. The maximum atomic E-state index is 14.6. The Bertz CT molecular complexity index is 4080. The standard InChI is InChI=1S/C30H22N4O6S2.C29H23N3O5S3.CH4/c1-32-24-23(35)33-27-29(21-8-4-5-9-22(21)31-27,20-15-12-16-6-2-3-7-19(16)20)26(30(33,28(32)37)42-41-24)40-25(36)17-10-13-18(14-11-17)34(38)39;1-30-24-23(33)31-26-28(25(34)29(31,27(30)35)39-38-24,20-16-15-17-9-5-6-12-19(17)20)21-13-7-8-14-22(21)32(26)40(36,37)18-10-3-2-4-11-18;/h2-11,13-15,24,26-27,31H,12H2,1H3;2-14,16,24-26,34H,15H2,1H3;1H4/t24-,26-,27+,29-,30-;24-,25-,26-,28-,29-;/m00./s1. The van der Waals surface area contributed by atoms with Gasteiger partial charge in [0.05, 0.1) is 26.5 Å². The lowest BCUT2D eigenvalue weighted by molar-refractivity contribution is -0.384. The predicted molar refractivity (Wildman–Crippen MR) is 317 cm³/mol. The van der Waals surface area contributed by atoms with Crippen molar-refractivity contribution >= 4 is 111 Å². The van der Waals surface area contributed by atoms with Crippen LogP contribution in [0.15, 0.2) is 169 Å². The second-order valence-electron chi connectivity index (χ2n) is 21.5. The van der Waals surface area contributed by atoms with Gasteiger partial charge in [-0.1, -0.05) is 144 Å². The van der Waals surface area contributed by atoms with Crippen molar-refractivity contribution in [1.82, 2.24) is 19.6 Å². The SMILES string of the molecule is C.CN1C(=O)[C@]23SS[C@H]1C(=O)N2[C@H]1N(S(=O)(=O)c2ccccc2)c2ccccc2[C@@]1(C1=CCc2ccccc21)[C@@H]3O.CN1C(=O)[C@]23SS[C@H]1C(=O)N2[C@H]1Nc2ccccc2[C@@]1(C1=CCc2ccccc21)[C@@H]3OC(=O)c1ccc([N+](=O)[O-])cc1. The molecule has 2 spiro atoms. The molecule has 6 aromatic carbocycles. The number of aliphatic hydroxyl groups excluding tert-OH is 1. The number of rotatable bonds is 7. The first-order valence-electron chi connectivity index (χ1n) is 26.2. The number of fused-ring (bicyclic) bond motifs is 12. The zero-order valence-electron chi connectivity index (χ0n) is 43.2. The van der Waals surface area contributed by atoms with Gasteiger partial charge in [-0.05, 0) is 115 Å². The van der Waals surface area contributed by atoms with Gasteiger partial charge >= 0.3 is 5.97 Å². The summed E-state index contributed by atoms with van der Waals surface area (Å²) in [5.74, 6) is -2.05. The van der Waals surface area contributed by atoms with Crippen molar-refractivity contribution in [3.8, 4) is 0 Å². The van der Waals surface area contributed by atoms with Gasteiger partial charge in [0.25, 0.3) is 39.3 Å². The highest BCUT2D eigenvalue weighted by molar-refractivity contribution is 8.78. The van der Waals surface area contributed by atoms with Crippen molar-refractivity contribution in [3.63, 3.8) is 0 Å². The fraction of sp³-hybridized carbons (Fsp3) is 0.250. The van der Waals surface area contributed by atoms with Crippen LogP contribution in [0.2, 0.25) is 0 Å². The van der Waals surface area contributed by atoms with Crippen LogP contribution in [-0.2, 0) is 57.6 Å². The number of piperazine rings is 2. The summed E-state index contributed by atoms with van der Waals surface area (Å²) in [4.78, 5) is 84.0. The molecule has 10 aliphatic heterocycles. The molecule has 8 fully saturated rings. The van der Waals surface area contributed by atoms with Gasteiger partial charge in [0.2, 0.25) is 9.74 Å². The molecule has 0 radical (unpaired) electrons. The normalized spacial score (nSPS) is 30.4. The molecule has 10 heterocycles. The number of allylic oxidation sites excluding steroid dienone is 2. The fourth-order valence-corrected chi connectivity index (χ4v) is 23.2. The number of hydrogen-bond acceptors (Lipinski definition) is 16. The van der Waals surface area contributed by atoms with Crippen LogP contribution in [0.1, 0.15) is 51.2 Å². The number of hydrogen-bond donors (Lipinski definition) is 2. The van der Waals surface area contributed by atoms with E-state index in [1.54, 1.807) is 49.3 Å². The lowest BCUT2D eigenvalue weighted by Crippen LogP contribution is -2.74. The number of benzene rings is 6. The number of nitrogens with zero attached hydrogens (tertiary/aromatic N) is 6. The number of nitro benzene ring substituents is 1. The number of ether oxygens (including phenoxy) is 1. The molecular formula is C60H49N7O11S5. The number of nitrogens with one attached hydrogen (secondary N) is 1. The smallest absolute Gasteiger partial charge is 0.338 e. The Balaban J connectivity index is 0.000000146. The van der Waals surface area contributed by atoms with Crippen molar-refractivity contribution in [2.75, 3.05) is 23.7 Å². The van der Waals surface area contributed by atoms with Gasteiger partial charge < -0.3 is 25.0 Å². The maximum absolute atomic E-state index is 14.6. The quantitative estimate of drug-likeness (QED) is 0.0669. The summed E-state index contributed by atoms with van der Waals surface area (Å²) in [5.41, 5.74) is 5.66. The van der Waals surface area contributed by atoms with Crippen LogP contribution in [0, 0.1) is 10.1 Å². The van der Waals surface area contributed by atoms with E-state index in [9.17, 15) is 47.6 Å². The third-order valence-corrected chi connectivity index (χ3v) is 26.1. The number of aliphatic hydroxyl groups is 1. The van der Waals surface area contributed by atoms with E-state index in [-0.39, 0.29) is 41.3 Å². The number of esters is 1. The Morgan fingerprint density at radius 2 is 1.20 bits per heavy atom. The second kappa shape index (κ2) is 18.5. The Kier molecular flexibility index (Phi) is 11.9. The molecule has 10 atom stereocenters. The molecule has 18 rings (SSSR count). The molecule has 0 saturated carbocycles. The van der Waals surface area contributed by atoms with Crippen LogP contribution >= 0.6 is 43.2 Å². The van der Waals surface area contributed by atoms with Crippen molar-refractivity contribution in [2.24, 2.45) is 0 Å². The first-order valence-corrected chi connectivity index (χ1v) is 32.1. The number of carbonyl (C=O) groups is 5. The summed E-state index contributed by atoms with van der Waals surface area (Å²) in [7, 11) is 3.90. The number of para-hydroxylation sites is 2. The fourth-order valence-electron chi connectivity index (χ4n) is 14.5. The zero-order chi connectivity index (χ0) is 56.6. The Hall–Kier alpha value is -7.54. The molecule has 4 amide bonds. The third kappa shape index (κ3) is 6.54. The van der Waals surface area contributed by atoms with Crippen LogP contribution in [-0.4, -0.2) is 127 Å². The van der Waals surface area contributed by atoms with Crippen molar-refractivity contribution in [2.45, 2.75) is 81.0 Å². The van der Waals surface area contributed by atoms with E-state index >= 15 is 0 Å². The Morgan fingerprint density at radius 1 is 0.675 bits per heavy atom. The number of nitro groups is 1. The van der Waals surface area contributed by atoms with Crippen LogP contribution in [0.25, 0.3) is 11.1 Å². The third-order valence-electron chi connectivity index (χ3n) is 17.9. The van der Waals surface area contributed by atoms with E-state index in [1.807, 2.05) is 84.9 Å². The molecule has 2 N–H and O–H groups in total. The van der Waals surface area contributed by atoms with Crippen molar-refractivity contribution < 1.29 is 47.2 Å². The zero-order valence-corrected chi connectivity index (χ0v) is 47.3. The van der Waals surface area contributed by atoms with E-state index in [0.29, 0.717) is 24.1 Å². The molecule has 23 heteroatoms. The molecule has 0 unspecified atom stereocenters. The Labute approximate surface area is 492 Å². The number of likely N-dealkylation sites (N-methyl/N-ethyl adjacent to an activating group) is 2. The number of carbonyl (C=O) groups excluding carboxylic acids is 5. The minimum absolute atomic E-state index is 0. The maximum Gasteiger partial charge on any atom is 0.338 e. The summed E-state index contributed by atoms with van der Waals surface area (Å²) in [6.07, 6.45) is 0.928. The molecule has 0 aromatic heterocycles. The van der Waals surface area contributed by atoms with Crippen molar-refractivity contribution in [3.05, 3.63) is 213 Å². The predicted octanol–water partition coefficient (Wildman–Crippen LogP) is 8.01. The average molecular weight is 1200 g/mol. The molecule has 2 aliphatic carbocycles. The van der Waals surface area contributed by atoms with Gasteiger partial charge in [-0.25, -0.2) is 17.5 Å². The van der Waals surface area contributed by atoms with Gasteiger partial charge in [0, 0.05) is 31.9 Å². The van der Waals surface area contributed by atoms with Gasteiger partial charge in [-0.15, -0.1) is 0 Å². The highest BCUT2D eigenvalue weighted by Crippen LogP contribution is 2.72. The highest BCUT2D eigenvalue weighted by Gasteiger charge is 2.84. The molecule has 12 aliphatic rings. The highest BCUT2D eigenvalue weighted by atomic mass is 33.1. The van der Waals surface area contributed by atoms with Gasteiger partial charge in [-0.3, -0.25) is 39.1 Å². The average Bonchev–Trinajstić information content (AvgIpc) is 1.50. The molecule has 6 aromatic rings. The molecule has 420 valence electrons. The first-order chi connectivity index (χ1) is 39.6. The Morgan fingerprint density at radius 3 is 1.84 bits per heavy atom. The first kappa shape index (κ1) is 53.5. The molecule has 8 saturated heterocycles. The summed E-state index contributed by atoms with van der Waals surface area (Å²) in [5, 5.41) is 25.9. The number of anilines is 2. The van der Waals surface area contributed by atoms with Crippen LogP contribution in [0.4, 0.5) is 17.1 Å². The number of sulfonamides is 1. The van der Waals surface area contributed by atoms with Crippen molar-refractivity contribution in [1.29, 1.82) is 0 Å². The number of non-ortho nitro benzene ring substituents is 1. The molecule has 83 heavy (non-hydrogen) atoms. The monoisotopic (exact) mass is 1200 g/mol. The minimum Gasteiger partial charge on any atom is -0.453 e. The van der Waals surface area contributed by atoms with E-state index in [4.69, 9.17) is 4.74 Å². The lowest BCUT2D eigenvalue weighted by atomic mass is 9.68. The summed E-state index contributed by atoms with van der Waals surface area (Å²) < 4.78 is 36.9. The minimum atomic E-state index is -4.24.